The van der Waals surface area contributed by atoms with Crippen LogP contribution in [0.5, 0.6) is 0 Å². The van der Waals surface area contributed by atoms with Gasteiger partial charge in [-0.05, 0) is 18.1 Å². The monoisotopic (exact) mass is 271 g/mol. The van der Waals surface area contributed by atoms with Gasteiger partial charge in [0.25, 0.3) is 0 Å². The number of likely N-dealkylation sites (tertiary alicyclic amines) is 1. The summed E-state index contributed by atoms with van der Waals surface area (Å²) in [5.41, 5.74) is 0.722. The van der Waals surface area contributed by atoms with E-state index in [2.05, 4.69) is 0 Å². The number of hydrogen-bond donors (Lipinski definition) is 3. The van der Waals surface area contributed by atoms with Gasteiger partial charge in [0.1, 0.15) is 0 Å². The second-order valence-electron chi connectivity index (χ2n) is 4.72. The van der Waals surface area contributed by atoms with Gasteiger partial charge >= 0.3 is 0 Å². The molecule has 0 bridgehead atoms. The topological polar surface area (TPSA) is 63.9 Å². The van der Waals surface area contributed by atoms with Crippen LogP contribution in [0.25, 0.3) is 0 Å². The van der Waals surface area contributed by atoms with Crippen molar-refractivity contribution in [3.05, 3.63) is 34.9 Å². The number of rotatable bonds is 4. The first-order valence-electron chi connectivity index (χ1n) is 6.09. The van der Waals surface area contributed by atoms with Crippen LogP contribution < -0.4 is 0 Å². The molecular formula is C13H18ClNO3. The third kappa shape index (κ3) is 3.22. The van der Waals surface area contributed by atoms with E-state index in [9.17, 15) is 15.3 Å². The molecule has 2 rings (SSSR count). The maximum absolute atomic E-state index is 10.1. The summed E-state index contributed by atoms with van der Waals surface area (Å²) >= 11 is 6.01. The molecule has 1 aromatic carbocycles. The van der Waals surface area contributed by atoms with Crippen LogP contribution in [-0.2, 0) is 0 Å². The SMILES string of the molecule is OC(CCN1CC(O)C(O)C1)c1ccccc1Cl. The van der Waals surface area contributed by atoms with Gasteiger partial charge in [0, 0.05) is 24.7 Å². The zero-order valence-corrected chi connectivity index (χ0v) is 10.8. The maximum atomic E-state index is 10.1. The van der Waals surface area contributed by atoms with E-state index >= 15 is 0 Å². The summed E-state index contributed by atoms with van der Waals surface area (Å²) in [4.78, 5) is 1.94. The van der Waals surface area contributed by atoms with E-state index < -0.39 is 18.3 Å². The van der Waals surface area contributed by atoms with Gasteiger partial charge in [0.2, 0.25) is 0 Å². The molecule has 0 radical (unpaired) electrons. The average molecular weight is 272 g/mol. The minimum atomic E-state index is -0.678. The number of hydrogen-bond acceptors (Lipinski definition) is 4. The molecule has 1 aliphatic rings. The molecule has 18 heavy (non-hydrogen) atoms. The van der Waals surface area contributed by atoms with Gasteiger partial charge in [-0.2, -0.15) is 0 Å². The second kappa shape index (κ2) is 5.99. The predicted octanol–water partition coefficient (Wildman–Crippen LogP) is 0.801. The summed E-state index contributed by atoms with van der Waals surface area (Å²) in [6, 6.07) is 7.23. The Morgan fingerprint density at radius 3 is 2.44 bits per heavy atom. The normalized spacial score (nSPS) is 26.4. The van der Waals surface area contributed by atoms with Crippen LogP contribution in [0.1, 0.15) is 18.1 Å². The number of benzene rings is 1. The van der Waals surface area contributed by atoms with E-state index in [0.29, 0.717) is 31.1 Å². The molecule has 0 amide bonds. The molecule has 1 aromatic rings. The molecule has 3 unspecified atom stereocenters. The Morgan fingerprint density at radius 1 is 1.22 bits per heavy atom. The summed E-state index contributed by atoms with van der Waals surface area (Å²) in [6.07, 6.45) is -1.44. The molecule has 0 saturated carbocycles. The van der Waals surface area contributed by atoms with Crippen molar-refractivity contribution in [2.75, 3.05) is 19.6 Å². The van der Waals surface area contributed by atoms with E-state index in [1.807, 2.05) is 17.0 Å². The zero-order chi connectivity index (χ0) is 13.1. The van der Waals surface area contributed by atoms with E-state index in [0.717, 1.165) is 5.56 Å². The molecule has 3 atom stereocenters. The number of aliphatic hydroxyl groups excluding tert-OH is 3. The minimum absolute atomic E-state index is 0.455. The van der Waals surface area contributed by atoms with Gasteiger partial charge in [-0.15, -0.1) is 0 Å². The number of β-amino-alcohol motifs (C(OH)–C–C–N with tert-alkyl or cyclic N) is 2. The maximum Gasteiger partial charge on any atom is 0.0938 e. The van der Waals surface area contributed by atoms with E-state index in [-0.39, 0.29) is 0 Å². The molecule has 100 valence electrons. The molecule has 1 fully saturated rings. The molecule has 0 spiro atoms. The first kappa shape index (κ1) is 13.8. The van der Waals surface area contributed by atoms with Crippen molar-refractivity contribution in [3.63, 3.8) is 0 Å². The number of halogens is 1. The molecule has 1 heterocycles. The van der Waals surface area contributed by atoms with Crippen LogP contribution in [0.2, 0.25) is 5.02 Å². The fourth-order valence-electron chi connectivity index (χ4n) is 2.24. The lowest BCUT2D eigenvalue weighted by Gasteiger charge is -2.18. The quantitative estimate of drug-likeness (QED) is 0.758. The highest BCUT2D eigenvalue weighted by Crippen LogP contribution is 2.25. The van der Waals surface area contributed by atoms with Crippen molar-refractivity contribution >= 4 is 11.6 Å². The fraction of sp³-hybridized carbons (Fsp3) is 0.538. The lowest BCUT2D eigenvalue weighted by atomic mass is 10.1. The summed E-state index contributed by atoms with van der Waals surface area (Å²) in [6.45, 7) is 1.54. The highest BCUT2D eigenvalue weighted by molar-refractivity contribution is 6.31. The number of nitrogens with zero attached hydrogens (tertiary/aromatic N) is 1. The second-order valence-corrected chi connectivity index (χ2v) is 5.13. The highest BCUT2D eigenvalue weighted by atomic mass is 35.5. The number of aliphatic hydroxyl groups is 3. The van der Waals surface area contributed by atoms with E-state index in [4.69, 9.17) is 11.6 Å². The summed E-state index contributed by atoms with van der Waals surface area (Å²) in [5.74, 6) is 0. The molecule has 1 aliphatic heterocycles. The Morgan fingerprint density at radius 2 is 1.83 bits per heavy atom. The molecule has 1 saturated heterocycles. The van der Waals surface area contributed by atoms with Crippen molar-refractivity contribution in [3.8, 4) is 0 Å². The lowest BCUT2D eigenvalue weighted by Crippen LogP contribution is -2.24. The van der Waals surface area contributed by atoms with Crippen LogP contribution in [0.3, 0.4) is 0 Å². The molecule has 3 N–H and O–H groups in total. The zero-order valence-electron chi connectivity index (χ0n) is 10.0. The van der Waals surface area contributed by atoms with Gasteiger partial charge in [-0.3, -0.25) is 4.90 Å². The fourth-order valence-corrected chi connectivity index (χ4v) is 2.50. The Kier molecular flexibility index (Phi) is 4.59. The van der Waals surface area contributed by atoms with Gasteiger partial charge in [0.05, 0.1) is 18.3 Å². The first-order chi connectivity index (χ1) is 8.58. The third-order valence-corrected chi connectivity index (χ3v) is 3.66. The lowest BCUT2D eigenvalue weighted by molar-refractivity contribution is 0.0572. The van der Waals surface area contributed by atoms with Crippen LogP contribution >= 0.6 is 11.6 Å². The van der Waals surface area contributed by atoms with Crippen molar-refractivity contribution in [1.82, 2.24) is 4.90 Å². The van der Waals surface area contributed by atoms with Gasteiger partial charge in [0.15, 0.2) is 0 Å². The largest absolute Gasteiger partial charge is 0.389 e. The van der Waals surface area contributed by atoms with Crippen molar-refractivity contribution < 1.29 is 15.3 Å². The smallest absolute Gasteiger partial charge is 0.0938 e. The Balaban J connectivity index is 1.86. The van der Waals surface area contributed by atoms with Crippen LogP contribution in [0, 0.1) is 0 Å². The van der Waals surface area contributed by atoms with Crippen molar-refractivity contribution in [1.29, 1.82) is 0 Å². The van der Waals surface area contributed by atoms with Crippen LogP contribution in [0.4, 0.5) is 0 Å². The van der Waals surface area contributed by atoms with Crippen molar-refractivity contribution in [2.45, 2.75) is 24.7 Å². The van der Waals surface area contributed by atoms with Gasteiger partial charge < -0.3 is 15.3 Å². The molecular weight excluding hydrogens is 254 g/mol. The molecule has 4 nitrogen and oxygen atoms in total. The summed E-state index contributed by atoms with van der Waals surface area (Å²) in [7, 11) is 0. The van der Waals surface area contributed by atoms with E-state index in [1.54, 1.807) is 12.1 Å². The van der Waals surface area contributed by atoms with Crippen molar-refractivity contribution in [2.24, 2.45) is 0 Å². The molecule has 5 heteroatoms. The minimum Gasteiger partial charge on any atom is -0.389 e. The van der Waals surface area contributed by atoms with E-state index in [1.165, 1.54) is 0 Å². The molecule has 0 aliphatic carbocycles. The van der Waals surface area contributed by atoms with Gasteiger partial charge in [-0.1, -0.05) is 29.8 Å². The highest BCUT2D eigenvalue weighted by Gasteiger charge is 2.29. The Hall–Kier alpha value is -0.650. The standard InChI is InChI=1S/C13H18ClNO3/c14-10-4-2-1-3-9(10)11(16)5-6-15-7-12(17)13(18)8-15/h1-4,11-13,16-18H,5-8H2. The predicted molar refractivity (Wildman–Crippen MR) is 69.5 cm³/mol. The Bertz CT molecular complexity index is 392. The van der Waals surface area contributed by atoms with Crippen LogP contribution in [-0.4, -0.2) is 52.1 Å². The Labute approximate surface area is 111 Å². The molecule has 0 aromatic heterocycles. The average Bonchev–Trinajstić information content (AvgIpc) is 2.66. The summed E-state index contributed by atoms with van der Waals surface area (Å²) < 4.78 is 0. The van der Waals surface area contributed by atoms with Gasteiger partial charge in [-0.25, -0.2) is 0 Å². The van der Waals surface area contributed by atoms with Crippen LogP contribution in [0.15, 0.2) is 24.3 Å². The first-order valence-corrected chi connectivity index (χ1v) is 6.46. The summed E-state index contributed by atoms with van der Waals surface area (Å²) in [5, 5.41) is 29.5. The third-order valence-electron chi connectivity index (χ3n) is 3.32.